The van der Waals surface area contributed by atoms with Gasteiger partial charge in [0.15, 0.2) is 0 Å². The summed E-state index contributed by atoms with van der Waals surface area (Å²) in [7, 11) is 0. The Morgan fingerprint density at radius 3 is 2.17 bits per heavy atom. The Hall–Kier alpha value is -2.42. The molecule has 0 radical (unpaired) electrons. The Labute approximate surface area is 238 Å². The first-order valence-electron chi connectivity index (χ1n) is 13.2. The molecule has 2 fully saturated rings. The van der Waals surface area contributed by atoms with Crippen molar-refractivity contribution in [3.05, 3.63) is 24.2 Å². The normalized spacial score (nSPS) is 18.0. The zero-order valence-electron chi connectivity index (χ0n) is 22.8. The van der Waals surface area contributed by atoms with Crippen LogP contribution in [0.4, 0.5) is 19.1 Å². The maximum atomic E-state index is 13.7. The molecule has 4 rings (SSSR count). The summed E-state index contributed by atoms with van der Waals surface area (Å²) in [6, 6.07) is 0.0112. The van der Waals surface area contributed by atoms with Gasteiger partial charge >= 0.3 is 12.1 Å². The summed E-state index contributed by atoms with van der Waals surface area (Å²) in [6.45, 7) is 10.3. The van der Waals surface area contributed by atoms with Crippen LogP contribution in [0, 0.1) is 5.92 Å². The van der Waals surface area contributed by atoms with E-state index in [4.69, 9.17) is 5.11 Å². The number of aliphatic hydroxyl groups is 1. The Bertz CT molecular complexity index is 1080. The van der Waals surface area contributed by atoms with Crippen LogP contribution >= 0.6 is 12.1 Å². The number of rotatable bonds is 8. The number of nitrogens with one attached hydrogen (secondary N) is 1. The van der Waals surface area contributed by atoms with Crippen molar-refractivity contribution in [3.8, 4) is 11.3 Å². The molecule has 226 valence electrons. The lowest BCUT2D eigenvalue weighted by molar-refractivity contribution is -0.143. The van der Waals surface area contributed by atoms with E-state index in [1.54, 1.807) is 26.0 Å². The van der Waals surface area contributed by atoms with E-state index in [9.17, 15) is 23.1 Å². The number of hydrogen-bond acceptors (Lipinski definition) is 9. The number of anilines is 1. The van der Waals surface area contributed by atoms with E-state index < -0.39 is 23.3 Å². The maximum Gasteiger partial charge on any atom is 0.419 e. The molecule has 14 heteroatoms. The SMILES string of the molecule is C.CC.CC(C)(O)Cn1cc(-c2nc(NC3CCN(SN4CCC(C(=O)O)CC4)CC3)ncc2C(F)(F)F)cn1. The second-order valence-electron chi connectivity index (χ2n) is 10.2. The summed E-state index contributed by atoms with van der Waals surface area (Å²) in [5, 5.41) is 26.4. The minimum Gasteiger partial charge on any atom is -0.481 e. The molecule has 3 N–H and O–H groups in total. The molecule has 0 aromatic carbocycles. The highest BCUT2D eigenvalue weighted by Crippen LogP contribution is 2.36. The Morgan fingerprint density at radius 1 is 1.07 bits per heavy atom. The summed E-state index contributed by atoms with van der Waals surface area (Å²) in [5.74, 6) is -0.871. The van der Waals surface area contributed by atoms with Gasteiger partial charge in [0.05, 0.1) is 30.0 Å². The molecule has 0 aliphatic carbocycles. The number of carboxylic acid groups (broad SMARTS) is 1. The zero-order chi connectivity index (χ0) is 28.8. The summed E-state index contributed by atoms with van der Waals surface area (Å²) in [5.41, 5.74) is -2.08. The van der Waals surface area contributed by atoms with Crippen LogP contribution in [0.1, 0.15) is 66.4 Å². The Balaban J connectivity index is 0.00000183. The number of hydrogen-bond donors (Lipinski definition) is 3. The van der Waals surface area contributed by atoms with Crippen LogP contribution < -0.4 is 5.32 Å². The van der Waals surface area contributed by atoms with Crippen molar-refractivity contribution in [2.45, 2.75) is 85.2 Å². The average Bonchev–Trinajstić information content (AvgIpc) is 3.33. The number of carboxylic acids is 1. The van der Waals surface area contributed by atoms with Gasteiger partial charge in [0.1, 0.15) is 5.56 Å². The van der Waals surface area contributed by atoms with Crippen LogP contribution in [0.15, 0.2) is 18.6 Å². The van der Waals surface area contributed by atoms with Crippen molar-refractivity contribution < 1.29 is 28.2 Å². The van der Waals surface area contributed by atoms with E-state index in [1.807, 2.05) is 13.8 Å². The number of carbonyl (C=O) groups is 1. The second kappa shape index (κ2) is 14.5. The van der Waals surface area contributed by atoms with E-state index in [-0.39, 0.29) is 43.1 Å². The molecule has 0 atom stereocenters. The average molecular weight is 590 g/mol. The van der Waals surface area contributed by atoms with E-state index in [0.717, 1.165) is 45.2 Å². The third kappa shape index (κ3) is 9.60. The van der Waals surface area contributed by atoms with Crippen LogP contribution in [0.2, 0.25) is 0 Å². The number of piperidine rings is 2. The van der Waals surface area contributed by atoms with E-state index in [1.165, 1.54) is 17.1 Å². The first kappa shape index (κ1) is 33.8. The third-order valence-electron chi connectivity index (χ3n) is 6.37. The third-order valence-corrected chi connectivity index (χ3v) is 7.56. The molecule has 2 aliphatic rings. The second-order valence-corrected chi connectivity index (χ2v) is 11.4. The molecule has 2 saturated heterocycles. The highest BCUT2D eigenvalue weighted by molar-refractivity contribution is 7.94. The topological polar surface area (TPSA) is 120 Å². The molecule has 10 nitrogen and oxygen atoms in total. The lowest BCUT2D eigenvalue weighted by atomic mass is 9.99. The van der Waals surface area contributed by atoms with E-state index in [0.29, 0.717) is 12.8 Å². The number of aromatic nitrogens is 4. The molecule has 0 saturated carbocycles. The monoisotopic (exact) mass is 589 g/mol. The van der Waals surface area contributed by atoms with Crippen molar-refractivity contribution in [1.82, 2.24) is 28.4 Å². The first-order valence-corrected chi connectivity index (χ1v) is 14.0. The van der Waals surface area contributed by atoms with Gasteiger partial charge in [0.2, 0.25) is 5.95 Å². The number of nitrogens with zero attached hydrogens (tertiary/aromatic N) is 6. The van der Waals surface area contributed by atoms with Gasteiger partial charge in [-0.05, 0) is 39.5 Å². The van der Waals surface area contributed by atoms with Gasteiger partial charge in [-0.25, -0.2) is 18.6 Å². The lowest BCUT2D eigenvalue weighted by Gasteiger charge is -2.36. The minimum atomic E-state index is -4.63. The van der Waals surface area contributed by atoms with Gasteiger partial charge < -0.3 is 15.5 Å². The van der Waals surface area contributed by atoms with Crippen LogP contribution in [0.25, 0.3) is 11.3 Å². The Morgan fingerprint density at radius 2 is 1.65 bits per heavy atom. The smallest absolute Gasteiger partial charge is 0.419 e. The molecule has 0 spiro atoms. The highest BCUT2D eigenvalue weighted by Gasteiger charge is 2.36. The van der Waals surface area contributed by atoms with Crippen LogP contribution in [0.5, 0.6) is 0 Å². The van der Waals surface area contributed by atoms with Gasteiger partial charge in [0, 0.05) is 62.3 Å². The molecule has 40 heavy (non-hydrogen) atoms. The fourth-order valence-corrected chi connectivity index (χ4v) is 5.53. The predicted octanol–water partition coefficient (Wildman–Crippen LogP) is 5.03. The lowest BCUT2D eigenvalue weighted by Crippen LogP contribution is -2.40. The first-order chi connectivity index (χ1) is 18.4. The molecule has 2 aliphatic heterocycles. The van der Waals surface area contributed by atoms with E-state index in [2.05, 4.69) is 29.0 Å². The van der Waals surface area contributed by atoms with Crippen molar-refractivity contribution in [2.24, 2.45) is 5.92 Å². The largest absolute Gasteiger partial charge is 0.481 e. The summed E-state index contributed by atoms with van der Waals surface area (Å²) >= 11 is 1.64. The molecule has 4 heterocycles. The summed E-state index contributed by atoms with van der Waals surface area (Å²) < 4.78 is 46.9. The van der Waals surface area contributed by atoms with Crippen molar-refractivity contribution in [2.75, 3.05) is 31.5 Å². The maximum absolute atomic E-state index is 13.7. The zero-order valence-corrected chi connectivity index (χ0v) is 23.6. The van der Waals surface area contributed by atoms with Gasteiger partial charge in [-0.1, -0.05) is 21.3 Å². The van der Waals surface area contributed by atoms with Gasteiger partial charge in [-0.15, -0.1) is 0 Å². The fraction of sp³-hybridized carbons (Fsp3) is 0.692. The molecule has 0 bridgehead atoms. The quantitative estimate of drug-likeness (QED) is 0.362. The van der Waals surface area contributed by atoms with Crippen molar-refractivity contribution in [1.29, 1.82) is 0 Å². The van der Waals surface area contributed by atoms with Gasteiger partial charge in [-0.2, -0.15) is 18.3 Å². The molecule has 0 amide bonds. The molecular weight excluding hydrogens is 547 g/mol. The number of alkyl halides is 3. The molecule has 0 unspecified atom stereocenters. The number of aliphatic carboxylic acids is 1. The summed E-state index contributed by atoms with van der Waals surface area (Å²) in [4.78, 5) is 19.3. The minimum absolute atomic E-state index is 0. The highest BCUT2D eigenvalue weighted by atomic mass is 32.2. The van der Waals surface area contributed by atoms with Crippen LogP contribution in [-0.2, 0) is 17.5 Å². The van der Waals surface area contributed by atoms with Crippen LogP contribution in [0.3, 0.4) is 0 Å². The van der Waals surface area contributed by atoms with Crippen molar-refractivity contribution in [3.63, 3.8) is 0 Å². The number of halogens is 3. The fourth-order valence-electron chi connectivity index (χ4n) is 4.46. The molecule has 2 aromatic rings. The predicted molar refractivity (Wildman–Crippen MR) is 150 cm³/mol. The molecule has 2 aromatic heterocycles. The van der Waals surface area contributed by atoms with Crippen molar-refractivity contribution >= 4 is 24.1 Å². The van der Waals surface area contributed by atoms with Gasteiger partial charge in [0.25, 0.3) is 0 Å². The van der Waals surface area contributed by atoms with E-state index >= 15 is 0 Å². The standard InChI is InChI=1S/C23H32F3N7O3S.C2H6.CH4/c1-22(2,36)14-31-13-16(11-28-31)19-18(23(24,25)26)12-27-21(30-19)29-17-5-9-33(10-6-17)37-32-7-3-15(4-8-32)20(34)35;1-2;/h11-13,15,17,36H,3-10,14H2,1-2H3,(H,34,35)(H,27,29,30);1-2H3;1H4. The van der Waals surface area contributed by atoms with Crippen LogP contribution in [-0.4, -0.2) is 82.4 Å². The molecular formula is C26H42F3N7O3S. The summed E-state index contributed by atoms with van der Waals surface area (Å²) in [6.07, 6.45) is 1.73. The Kier molecular flexibility index (Phi) is 12.2. The van der Waals surface area contributed by atoms with Gasteiger partial charge in [-0.3, -0.25) is 9.48 Å².